The summed E-state index contributed by atoms with van der Waals surface area (Å²) < 4.78 is 4.43. The zero-order valence-electron chi connectivity index (χ0n) is 7.80. The highest BCUT2D eigenvalue weighted by atomic mass is 35.5. The van der Waals surface area contributed by atoms with E-state index < -0.39 is 10.9 Å². The van der Waals surface area contributed by atoms with Gasteiger partial charge in [-0.15, -0.1) is 12.4 Å². The fourth-order valence-corrected chi connectivity index (χ4v) is 0.960. The number of nitrogen functional groups attached to an aromatic ring is 1. The lowest BCUT2D eigenvalue weighted by molar-refractivity contribution is -0.384. The van der Waals surface area contributed by atoms with Gasteiger partial charge in [-0.05, 0) is 6.07 Å². The number of nitrogens with two attached hydrogens (primary N) is 1. The Kier molecular flexibility index (Phi) is 4.53. The molecule has 0 amide bonds. The first-order valence-corrected chi connectivity index (χ1v) is 3.68. The third-order valence-corrected chi connectivity index (χ3v) is 1.65. The molecule has 82 valence electrons. The lowest BCUT2D eigenvalue weighted by atomic mass is 10.1. The Bertz CT molecular complexity index is 394. The molecule has 6 nitrogen and oxygen atoms in total. The Labute approximate surface area is 91.6 Å². The summed E-state index contributed by atoms with van der Waals surface area (Å²) in [5.74, 6) is -0.614. The van der Waals surface area contributed by atoms with E-state index in [1.807, 2.05) is 0 Å². The molecule has 0 aromatic heterocycles. The monoisotopic (exact) mass is 232 g/mol. The molecule has 7 heteroatoms. The molecular formula is C8H9ClN2O4. The van der Waals surface area contributed by atoms with Gasteiger partial charge in [0.2, 0.25) is 0 Å². The van der Waals surface area contributed by atoms with Crippen molar-refractivity contribution in [3.63, 3.8) is 0 Å². The molecule has 0 spiro atoms. The minimum atomic E-state index is -0.614. The van der Waals surface area contributed by atoms with Crippen LogP contribution in [-0.2, 0) is 4.74 Å². The molecule has 0 aliphatic rings. The molecule has 0 saturated heterocycles. The molecule has 15 heavy (non-hydrogen) atoms. The maximum atomic E-state index is 11.0. The molecule has 0 atom stereocenters. The van der Waals surface area contributed by atoms with Crippen LogP contribution in [0.4, 0.5) is 11.4 Å². The SMILES string of the molecule is COC(=O)c1ccc([N+](=O)[O-])cc1N.Cl. The number of rotatable bonds is 2. The van der Waals surface area contributed by atoms with Crippen LogP contribution in [0.3, 0.4) is 0 Å². The number of hydrogen-bond donors (Lipinski definition) is 1. The fourth-order valence-electron chi connectivity index (χ4n) is 0.960. The van der Waals surface area contributed by atoms with E-state index in [2.05, 4.69) is 4.74 Å². The third kappa shape index (κ3) is 2.81. The quantitative estimate of drug-likeness (QED) is 0.360. The maximum absolute atomic E-state index is 11.0. The molecule has 2 N–H and O–H groups in total. The predicted molar refractivity (Wildman–Crippen MR) is 56.1 cm³/mol. The second-order valence-electron chi connectivity index (χ2n) is 2.52. The number of esters is 1. The van der Waals surface area contributed by atoms with E-state index in [0.29, 0.717) is 0 Å². The van der Waals surface area contributed by atoms with Gasteiger partial charge in [0.25, 0.3) is 5.69 Å². The maximum Gasteiger partial charge on any atom is 0.339 e. The van der Waals surface area contributed by atoms with Crippen molar-refractivity contribution in [2.45, 2.75) is 0 Å². The normalized spacial score (nSPS) is 8.87. The Hall–Kier alpha value is -1.82. The molecule has 1 rings (SSSR count). The molecule has 0 aliphatic carbocycles. The van der Waals surface area contributed by atoms with E-state index in [0.717, 1.165) is 6.07 Å². The van der Waals surface area contributed by atoms with E-state index in [1.165, 1.54) is 19.2 Å². The Morgan fingerprint density at radius 2 is 2.13 bits per heavy atom. The van der Waals surface area contributed by atoms with E-state index in [4.69, 9.17) is 5.73 Å². The number of hydrogen-bond acceptors (Lipinski definition) is 5. The Morgan fingerprint density at radius 1 is 1.53 bits per heavy atom. The number of nitrogens with zero attached hydrogens (tertiary/aromatic N) is 1. The Balaban J connectivity index is 0.00000196. The molecule has 0 aliphatic heterocycles. The second-order valence-corrected chi connectivity index (χ2v) is 2.52. The van der Waals surface area contributed by atoms with Crippen LogP contribution in [0.2, 0.25) is 0 Å². The first kappa shape index (κ1) is 13.2. The van der Waals surface area contributed by atoms with Crippen LogP contribution in [0.15, 0.2) is 18.2 Å². The van der Waals surface area contributed by atoms with Crippen molar-refractivity contribution in [1.82, 2.24) is 0 Å². The van der Waals surface area contributed by atoms with Crippen LogP contribution in [0.25, 0.3) is 0 Å². The van der Waals surface area contributed by atoms with Crippen LogP contribution in [0.1, 0.15) is 10.4 Å². The highest BCUT2D eigenvalue weighted by Gasteiger charge is 2.13. The molecule has 0 fully saturated rings. The molecule has 1 aromatic rings. The topological polar surface area (TPSA) is 95.5 Å². The van der Waals surface area contributed by atoms with Crippen molar-refractivity contribution < 1.29 is 14.5 Å². The number of methoxy groups -OCH3 is 1. The summed E-state index contributed by atoms with van der Waals surface area (Å²) in [7, 11) is 1.21. The van der Waals surface area contributed by atoms with Gasteiger partial charge in [0.1, 0.15) is 0 Å². The van der Waals surface area contributed by atoms with Crippen LogP contribution < -0.4 is 5.73 Å². The van der Waals surface area contributed by atoms with Crippen molar-refractivity contribution in [3.05, 3.63) is 33.9 Å². The molecule has 0 radical (unpaired) electrons. The Morgan fingerprint density at radius 3 is 2.53 bits per heavy atom. The largest absolute Gasteiger partial charge is 0.465 e. The van der Waals surface area contributed by atoms with Crippen molar-refractivity contribution in [2.75, 3.05) is 12.8 Å². The van der Waals surface area contributed by atoms with Crippen LogP contribution in [0.5, 0.6) is 0 Å². The summed E-state index contributed by atoms with van der Waals surface area (Å²) in [6, 6.07) is 3.58. The van der Waals surface area contributed by atoms with Gasteiger partial charge in [0, 0.05) is 12.1 Å². The van der Waals surface area contributed by atoms with Gasteiger partial charge >= 0.3 is 5.97 Å². The standard InChI is InChI=1S/C8H8N2O4.ClH/c1-14-8(11)6-3-2-5(10(12)13)4-7(6)9;/h2-4H,9H2,1H3;1H. The van der Waals surface area contributed by atoms with Crippen molar-refractivity contribution >= 4 is 29.8 Å². The van der Waals surface area contributed by atoms with Gasteiger partial charge in [0.15, 0.2) is 0 Å². The number of anilines is 1. The summed E-state index contributed by atoms with van der Waals surface area (Å²) in [6.07, 6.45) is 0. The average Bonchev–Trinajstić information content (AvgIpc) is 2.16. The third-order valence-electron chi connectivity index (χ3n) is 1.65. The smallest absolute Gasteiger partial charge is 0.339 e. The van der Waals surface area contributed by atoms with Gasteiger partial charge in [-0.1, -0.05) is 0 Å². The highest BCUT2D eigenvalue weighted by Crippen LogP contribution is 2.20. The number of nitro groups is 1. The fraction of sp³-hybridized carbons (Fsp3) is 0.125. The lowest BCUT2D eigenvalue weighted by Gasteiger charge is -2.02. The van der Waals surface area contributed by atoms with Gasteiger partial charge < -0.3 is 10.5 Å². The van der Waals surface area contributed by atoms with Gasteiger partial charge in [-0.25, -0.2) is 4.79 Å². The molecule has 0 heterocycles. The molecular weight excluding hydrogens is 224 g/mol. The van der Waals surface area contributed by atoms with Crippen molar-refractivity contribution in [3.8, 4) is 0 Å². The summed E-state index contributed by atoms with van der Waals surface area (Å²) in [5, 5.41) is 10.3. The number of carbonyl (C=O) groups is 1. The van der Waals surface area contributed by atoms with E-state index in [9.17, 15) is 14.9 Å². The molecule has 0 unspecified atom stereocenters. The van der Waals surface area contributed by atoms with Gasteiger partial charge in [-0.3, -0.25) is 10.1 Å². The van der Waals surface area contributed by atoms with Crippen molar-refractivity contribution in [1.29, 1.82) is 0 Å². The summed E-state index contributed by atoms with van der Waals surface area (Å²) in [6.45, 7) is 0. The molecule has 0 saturated carbocycles. The summed E-state index contributed by atoms with van der Waals surface area (Å²) in [4.78, 5) is 20.8. The molecule has 1 aromatic carbocycles. The van der Waals surface area contributed by atoms with E-state index in [1.54, 1.807) is 0 Å². The van der Waals surface area contributed by atoms with Gasteiger partial charge in [-0.2, -0.15) is 0 Å². The predicted octanol–water partition coefficient (Wildman–Crippen LogP) is 1.39. The van der Waals surface area contributed by atoms with E-state index >= 15 is 0 Å². The van der Waals surface area contributed by atoms with E-state index in [-0.39, 0.29) is 29.3 Å². The van der Waals surface area contributed by atoms with Crippen LogP contribution in [0, 0.1) is 10.1 Å². The lowest BCUT2D eigenvalue weighted by Crippen LogP contribution is -2.05. The first-order chi connectivity index (χ1) is 6.56. The first-order valence-electron chi connectivity index (χ1n) is 3.68. The number of ether oxygens (including phenoxy) is 1. The highest BCUT2D eigenvalue weighted by molar-refractivity contribution is 5.95. The number of benzene rings is 1. The number of halogens is 1. The summed E-state index contributed by atoms with van der Waals surface area (Å²) in [5.41, 5.74) is 5.43. The minimum Gasteiger partial charge on any atom is -0.465 e. The van der Waals surface area contributed by atoms with Crippen LogP contribution >= 0.6 is 12.4 Å². The van der Waals surface area contributed by atoms with Gasteiger partial charge in [0.05, 0.1) is 23.3 Å². The van der Waals surface area contributed by atoms with Crippen LogP contribution in [-0.4, -0.2) is 18.0 Å². The zero-order chi connectivity index (χ0) is 10.7. The number of nitro benzene ring substituents is 1. The van der Waals surface area contributed by atoms with Crippen molar-refractivity contribution in [2.24, 2.45) is 0 Å². The number of carbonyl (C=O) groups excluding carboxylic acids is 1. The molecule has 0 bridgehead atoms. The average molecular weight is 233 g/mol. The summed E-state index contributed by atoms with van der Waals surface area (Å²) >= 11 is 0. The minimum absolute atomic E-state index is 0. The zero-order valence-corrected chi connectivity index (χ0v) is 8.61. The second kappa shape index (κ2) is 5.16. The number of non-ortho nitro benzene ring substituents is 1.